The minimum atomic E-state index is -1.01. The standard InChI is InChI=1S/C33H37N3O6/c1-35(19-23-9-3-2-4-10-23)20-30(32(39)36-17-15-24(16-18-36)41-22-31(37)38)34-33(40)42-21-29-27-13-7-5-11-25(27)26-12-6-8-14-28(26)29/h2-14,24,29-30H,15-22H2,1H3,(H,34,40)(H,37,38). The average molecular weight is 572 g/mol. The molecule has 0 spiro atoms. The zero-order chi connectivity index (χ0) is 29.5. The van der Waals surface area contributed by atoms with Gasteiger partial charge >= 0.3 is 12.1 Å². The van der Waals surface area contributed by atoms with Crippen LogP contribution in [0.2, 0.25) is 0 Å². The molecule has 3 aromatic carbocycles. The third kappa shape index (κ3) is 7.16. The van der Waals surface area contributed by atoms with Crippen LogP contribution in [0, 0.1) is 0 Å². The van der Waals surface area contributed by atoms with Gasteiger partial charge in [0.25, 0.3) is 0 Å². The van der Waals surface area contributed by atoms with E-state index in [9.17, 15) is 14.4 Å². The maximum Gasteiger partial charge on any atom is 0.407 e. The third-order valence-electron chi connectivity index (χ3n) is 7.92. The average Bonchev–Trinajstić information content (AvgIpc) is 3.32. The molecule has 220 valence electrons. The summed E-state index contributed by atoms with van der Waals surface area (Å²) in [5, 5.41) is 11.7. The summed E-state index contributed by atoms with van der Waals surface area (Å²) in [6.07, 6.45) is 0.232. The summed E-state index contributed by atoms with van der Waals surface area (Å²) in [7, 11) is 1.92. The van der Waals surface area contributed by atoms with Crippen LogP contribution in [-0.4, -0.2) is 84.9 Å². The van der Waals surface area contributed by atoms with Crippen LogP contribution in [0.1, 0.15) is 35.4 Å². The molecule has 0 aromatic heterocycles. The Balaban J connectivity index is 1.23. The maximum atomic E-state index is 13.7. The van der Waals surface area contributed by atoms with Crippen molar-refractivity contribution in [3.8, 4) is 11.1 Å². The lowest BCUT2D eigenvalue weighted by Crippen LogP contribution is -2.55. The Morgan fingerprint density at radius 1 is 0.929 bits per heavy atom. The number of carboxylic acid groups (broad SMARTS) is 1. The van der Waals surface area contributed by atoms with Crippen LogP contribution in [0.3, 0.4) is 0 Å². The van der Waals surface area contributed by atoms with Gasteiger partial charge in [-0.25, -0.2) is 9.59 Å². The van der Waals surface area contributed by atoms with Crippen LogP contribution >= 0.6 is 0 Å². The molecule has 9 nitrogen and oxygen atoms in total. The van der Waals surface area contributed by atoms with E-state index in [0.29, 0.717) is 39.0 Å². The molecule has 1 unspecified atom stereocenters. The number of fused-ring (bicyclic) bond motifs is 3. The number of rotatable bonds is 11. The quantitative estimate of drug-likeness (QED) is 0.357. The van der Waals surface area contributed by atoms with Crippen molar-refractivity contribution in [2.24, 2.45) is 0 Å². The number of carbonyl (C=O) groups excluding carboxylic acids is 2. The van der Waals surface area contributed by atoms with Gasteiger partial charge in [0, 0.05) is 32.1 Å². The summed E-state index contributed by atoms with van der Waals surface area (Å²) in [6, 6.07) is 25.4. The SMILES string of the molecule is CN(Cc1ccccc1)CC(NC(=O)OCC1c2ccccc2-c2ccccc21)C(=O)N1CCC(OCC(=O)O)CC1. The monoisotopic (exact) mass is 571 g/mol. The van der Waals surface area contributed by atoms with Gasteiger partial charge in [0.15, 0.2) is 0 Å². The van der Waals surface area contributed by atoms with Crippen molar-refractivity contribution in [3.05, 3.63) is 95.6 Å². The molecule has 5 rings (SSSR count). The highest BCUT2D eigenvalue weighted by molar-refractivity contribution is 5.86. The molecule has 0 radical (unpaired) electrons. The predicted octanol–water partition coefficient (Wildman–Crippen LogP) is 4.12. The molecule has 1 aliphatic heterocycles. The first kappa shape index (κ1) is 29.3. The predicted molar refractivity (Wildman–Crippen MR) is 158 cm³/mol. The molecule has 1 aliphatic carbocycles. The summed E-state index contributed by atoms with van der Waals surface area (Å²) < 4.78 is 11.2. The van der Waals surface area contributed by atoms with Crippen LogP contribution in [0.4, 0.5) is 4.79 Å². The number of piperidine rings is 1. The number of hydrogen-bond acceptors (Lipinski definition) is 6. The van der Waals surface area contributed by atoms with Crippen LogP contribution in [0.15, 0.2) is 78.9 Å². The molecule has 1 saturated heterocycles. The molecule has 2 N–H and O–H groups in total. The molecule has 3 aromatic rings. The molecule has 2 aliphatic rings. The maximum absolute atomic E-state index is 13.7. The van der Waals surface area contributed by atoms with Gasteiger partial charge in [0.2, 0.25) is 5.91 Å². The van der Waals surface area contributed by atoms with E-state index in [-0.39, 0.29) is 31.1 Å². The number of likely N-dealkylation sites (N-methyl/N-ethyl adjacent to an activating group) is 1. The highest BCUT2D eigenvalue weighted by Crippen LogP contribution is 2.44. The summed E-state index contributed by atoms with van der Waals surface area (Å²) in [5.74, 6) is -1.29. The van der Waals surface area contributed by atoms with Crippen molar-refractivity contribution in [2.45, 2.75) is 37.5 Å². The highest BCUT2D eigenvalue weighted by Gasteiger charge is 2.33. The normalized spacial score (nSPS) is 15.6. The van der Waals surface area contributed by atoms with E-state index in [1.54, 1.807) is 4.90 Å². The first-order valence-electron chi connectivity index (χ1n) is 14.3. The van der Waals surface area contributed by atoms with Gasteiger partial charge in [0.1, 0.15) is 19.3 Å². The molecule has 2 amide bonds. The Bertz CT molecular complexity index is 1340. The fourth-order valence-electron chi connectivity index (χ4n) is 5.89. The van der Waals surface area contributed by atoms with E-state index in [1.165, 1.54) is 0 Å². The van der Waals surface area contributed by atoms with Crippen LogP contribution in [0.25, 0.3) is 11.1 Å². The van der Waals surface area contributed by atoms with Gasteiger partial charge in [-0.05, 0) is 47.7 Å². The topological polar surface area (TPSA) is 108 Å². The van der Waals surface area contributed by atoms with Crippen molar-refractivity contribution in [2.75, 3.05) is 39.9 Å². The van der Waals surface area contributed by atoms with E-state index < -0.39 is 18.1 Å². The second-order valence-electron chi connectivity index (χ2n) is 10.9. The number of hydrogen-bond donors (Lipinski definition) is 2. The van der Waals surface area contributed by atoms with Crippen LogP contribution in [-0.2, 0) is 25.6 Å². The first-order chi connectivity index (χ1) is 20.4. The van der Waals surface area contributed by atoms with Crippen LogP contribution in [0.5, 0.6) is 0 Å². The van der Waals surface area contributed by atoms with E-state index in [1.807, 2.05) is 66.5 Å². The number of benzene rings is 3. The zero-order valence-corrected chi connectivity index (χ0v) is 23.8. The Morgan fingerprint density at radius 3 is 2.14 bits per heavy atom. The Kier molecular flexibility index (Phi) is 9.51. The molecule has 0 saturated carbocycles. The fraction of sp³-hybridized carbons (Fsp3) is 0.364. The van der Waals surface area contributed by atoms with E-state index in [4.69, 9.17) is 14.6 Å². The van der Waals surface area contributed by atoms with Crippen molar-refractivity contribution >= 4 is 18.0 Å². The molecule has 1 fully saturated rings. The number of nitrogens with zero attached hydrogens (tertiary/aromatic N) is 2. The number of ether oxygens (including phenoxy) is 2. The molecule has 42 heavy (non-hydrogen) atoms. The van der Waals surface area contributed by atoms with Crippen molar-refractivity contribution in [3.63, 3.8) is 0 Å². The van der Waals surface area contributed by atoms with Gasteiger partial charge < -0.3 is 24.8 Å². The van der Waals surface area contributed by atoms with Gasteiger partial charge in [-0.15, -0.1) is 0 Å². The van der Waals surface area contributed by atoms with Crippen LogP contribution < -0.4 is 5.32 Å². The summed E-state index contributed by atoms with van der Waals surface area (Å²) >= 11 is 0. The van der Waals surface area contributed by atoms with Gasteiger partial charge in [-0.1, -0.05) is 78.9 Å². The number of carbonyl (C=O) groups is 3. The third-order valence-corrected chi connectivity index (χ3v) is 7.92. The minimum absolute atomic E-state index is 0.0807. The lowest BCUT2D eigenvalue weighted by Gasteiger charge is -2.35. The van der Waals surface area contributed by atoms with Crippen molar-refractivity contribution in [1.29, 1.82) is 0 Å². The second-order valence-corrected chi connectivity index (χ2v) is 10.9. The molecular formula is C33H37N3O6. The second kappa shape index (κ2) is 13.6. The number of carboxylic acids is 1. The number of amides is 2. The molecular weight excluding hydrogens is 534 g/mol. The minimum Gasteiger partial charge on any atom is -0.480 e. The lowest BCUT2D eigenvalue weighted by atomic mass is 9.98. The largest absolute Gasteiger partial charge is 0.480 e. The first-order valence-corrected chi connectivity index (χ1v) is 14.3. The van der Waals surface area contributed by atoms with Gasteiger partial charge in [0.05, 0.1) is 6.10 Å². The summed E-state index contributed by atoms with van der Waals surface area (Å²) in [4.78, 5) is 41.4. The number of alkyl carbamates (subject to hydrolysis) is 1. The molecule has 0 bridgehead atoms. The van der Waals surface area contributed by atoms with E-state index >= 15 is 0 Å². The van der Waals surface area contributed by atoms with Crippen molar-refractivity contribution in [1.82, 2.24) is 15.1 Å². The Morgan fingerprint density at radius 2 is 1.52 bits per heavy atom. The Hall–Kier alpha value is -4.21. The van der Waals surface area contributed by atoms with E-state index in [0.717, 1.165) is 27.8 Å². The Labute approximate surface area is 246 Å². The molecule has 9 heteroatoms. The highest BCUT2D eigenvalue weighted by atomic mass is 16.5. The van der Waals surface area contributed by atoms with Gasteiger partial charge in [-0.3, -0.25) is 9.69 Å². The summed E-state index contributed by atoms with van der Waals surface area (Å²) in [6.45, 7) is 1.57. The molecule has 1 atom stereocenters. The van der Waals surface area contributed by atoms with Crippen molar-refractivity contribution < 1.29 is 29.0 Å². The number of aliphatic carboxylic acids is 1. The van der Waals surface area contributed by atoms with E-state index in [2.05, 4.69) is 29.6 Å². The zero-order valence-electron chi connectivity index (χ0n) is 23.8. The number of nitrogens with one attached hydrogen (secondary N) is 1. The van der Waals surface area contributed by atoms with Gasteiger partial charge in [-0.2, -0.15) is 0 Å². The fourth-order valence-corrected chi connectivity index (χ4v) is 5.89. The summed E-state index contributed by atoms with van der Waals surface area (Å²) in [5.41, 5.74) is 5.63. The smallest absolute Gasteiger partial charge is 0.407 e. The number of likely N-dealkylation sites (tertiary alicyclic amines) is 1. The lowest BCUT2D eigenvalue weighted by molar-refractivity contribution is -0.147. The molecule has 1 heterocycles.